The number of benzene rings is 1. The maximum Gasteiger partial charge on any atom is 0.121 e. The molecule has 3 nitrogen and oxygen atoms in total. The van der Waals surface area contributed by atoms with Gasteiger partial charge in [-0.2, -0.15) is 0 Å². The minimum absolute atomic E-state index is 0.686. The van der Waals surface area contributed by atoms with Gasteiger partial charge >= 0.3 is 0 Å². The number of anilines is 1. The van der Waals surface area contributed by atoms with Crippen LogP contribution in [0.5, 0.6) is 5.75 Å². The maximum atomic E-state index is 5.47. The highest BCUT2D eigenvalue weighted by Gasteiger charge is 1.99. The second kappa shape index (κ2) is 6.05. The number of aryl methyl sites for hydroxylation is 1. The van der Waals surface area contributed by atoms with Crippen LogP contribution < -0.4 is 10.1 Å². The second-order valence-corrected chi connectivity index (χ2v) is 4.12. The molecule has 1 N–H and O–H groups in total. The lowest BCUT2D eigenvalue weighted by Gasteiger charge is -2.10. The van der Waals surface area contributed by atoms with Crippen molar-refractivity contribution in [2.24, 2.45) is 0 Å². The average Bonchev–Trinajstić information content (AvgIpc) is 2.39. The Morgan fingerprint density at radius 2 is 2.17 bits per heavy atom. The minimum atomic E-state index is 0.686. The Kier molecular flexibility index (Phi) is 4.18. The number of hydrogen-bond donors (Lipinski definition) is 1. The standard InChI is InChI=1S/C15H18N2O/c1-3-18-15-6-4-5-14(9-15)17-11-13-10-16-8-7-12(13)2/h4-10,17H,3,11H2,1-2H3. The summed E-state index contributed by atoms with van der Waals surface area (Å²) < 4.78 is 5.47. The Morgan fingerprint density at radius 1 is 1.28 bits per heavy atom. The van der Waals surface area contributed by atoms with E-state index in [1.54, 1.807) is 0 Å². The van der Waals surface area contributed by atoms with E-state index < -0.39 is 0 Å². The van der Waals surface area contributed by atoms with E-state index >= 15 is 0 Å². The van der Waals surface area contributed by atoms with Crippen molar-refractivity contribution in [2.75, 3.05) is 11.9 Å². The van der Waals surface area contributed by atoms with Gasteiger partial charge in [0.05, 0.1) is 6.61 Å². The van der Waals surface area contributed by atoms with E-state index in [-0.39, 0.29) is 0 Å². The molecule has 2 aromatic rings. The molecule has 1 heterocycles. The zero-order valence-electron chi connectivity index (χ0n) is 10.8. The molecule has 3 heteroatoms. The Balaban J connectivity index is 2.02. The lowest BCUT2D eigenvalue weighted by atomic mass is 10.1. The summed E-state index contributed by atoms with van der Waals surface area (Å²) in [6.07, 6.45) is 3.71. The lowest BCUT2D eigenvalue weighted by molar-refractivity contribution is 0.340. The highest BCUT2D eigenvalue weighted by molar-refractivity contribution is 5.48. The highest BCUT2D eigenvalue weighted by atomic mass is 16.5. The number of rotatable bonds is 5. The largest absolute Gasteiger partial charge is 0.494 e. The van der Waals surface area contributed by atoms with Gasteiger partial charge in [-0.3, -0.25) is 4.98 Å². The van der Waals surface area contributed by atoms with Crippen LogP contribution in [0.15, 0.2) is 42.7 Å². The molecule has 0 aliphatic rings. The van der Waals surface area contributed by atoms with Crippen molar-refractivity contribution in [3.8, 4) is 5.75 Å². The van der Waals surface area contributed by atoms with Gasteiger partial charge in [-0.15, -0.1) is 0 Å². The number of hydrogen-bond acceptors (Lipinski definition) is 3. The molecule has 0 spiro atoms. The Bertz CT molecular complexity index is 511. The molecule has 0 saturated heterocycles. The number of pyridine rings is 1. The molecule has 94 valence electrons. The van der Waals surface area contributed by atoms with Crippen molar-refractivity contribution in [3.05, 3.63) is 53.9 Å². The Hall–Kier alpha value is -2.03. The predicted octanol–water partition coefficient (Wildman–Crippen LogP) is 3.40. The molecule has 0 saturated carbocycles. The van der Waals surface area contributed by atoms with Crippen molar-refractivity contribution in [3.63, 3.8) is 0 Å². The summed E-state index contributed by atoms with van der Waals surface area (Å²) in [6, 6.07) is 10.0. The summed E-state index contributed by atoms with van der Waals surface area (Å²) in [4.78, 5) is 4.14. The summed E-state index contributed by atoms with van der Waals surface area (Å²) in [6.45, 7) is 5.54. The molecule has 1 aromatic heterocycles. The monoisotopic (exact) mass is 242 g/mol. The summed E-state index contributed by atoms with van der Waals surface area (Å²) >= 11 is 0. The topological polar surface area (TPSA) is 34.1 Å². The molecule has 0 aliphatic carbocycles. The fraction of sp³-hybridized carbons (Fsp3) is 0.267. The first kappa shape index (κ1) is 12.4. The Morgan fingerprint density at radius 3 is 2.94 bits per heavy atom. The van der Waals surface area contributed by atoms with Crippen LogP contribution in [0.1, 0.15) is 18.1 Å². The predicted molar refractivity (Wildman–Crippen MR) is 73.9 cm³/mol. The first-order valence-corrected chi connectivity index (χ1v) is 6.16. The van der Waals surface area contributed by atoms with Crippen LogP contribution >= 0.6 is 0 Å². The maximum absolute atomic E-state index is 5.47. The normalized spacial score (nSPS) is 10.1. The van der Waals surface area contributed by atoms with Crippen molar-refractivity contribution in [1.82, 2.24) is 4.98 Å². The summed E-state index contributed by atoms with van der Waals surface area (Å²) in [5.41, 5.74) is 3.52. The molecule has 1 aromatic carbocycles. The fourth-order valence-corrected chi connectivity index (χ4v) is 1.74. The number of ether oxygens (including phenoxy) is 1. The van der Waals surface area contributed by atoms with Gasteiger partial charge in [0.15, 0.2) is 0 Å². The van der Waals surface area contributed by atoms with E-state index in [4.69, 9.17) is 4.74 Å². The van der Waals surface area contributed by atoms with E-state index in [0.29, 0.717) is 6.61 Å². The third-order valence-electron chi connectivity index (χ3n) is 2.78. The molecule has 0 bridgehead atoms. The van der Waals surface area contributed by atoms with Crippen LogP contribution in [0, 0.1) is 6.92 Å². The van der Waals surface area contributed by atoms with Crippen LogP contribution in [0.4, 0.5) is 5.69 Å². The average molecular weight is 242 g/mol. The highest BCUT2D eigenvalue weighted by Crippen LogP contribution is 2.18. The van der Waals surface area contributed by atoms with Gasteiger partial charge in [-0.1, -0.05) is 6.07 Å². The van der Waals surface area contributed by atoms with Crippen LogP contribution in [0.2, 0.25) is 0 Å². The van der Waals surface area contributed by atoms with Crippen molar-refractivity contribution in [1.29, 1.82) is 0 Å². The first-order chi connectivity index (χ1) is 8.79. The third-order valence-corrected chi connectivity index (χ3v) is 2.78. The van der Waals surface area contributed by atoms with Crippen LogP contribution in [0.25, 0.3) is 0 Å². The van der Waals surface area contributed by atoms with Gasteiger partial charge in [0.25, 0.3) is 0 Å². The van der Waals surface area contributed by atoms with Gasteiger partial charge in [-0.05, 0) is 43.2 Å². The van der Waals surface area contributed by atoms with Crippen molar-refractivity contribution >= 4 is 5.69 Å². The molecule has 0 fully saturated rings. The third kappa shape index (κ3) is 3.23. The number of nitrogens with one attached hydrogen (secondary N) is 1. The molecule has 0 aliphatic heterocycles. The van der Waals surface area contributed by atoms with E-state index in [1.807, 2.05) is 49.6 Å². The van der Waals surface area contributed by atoms with E-state index in [1.165, 1.54) is 11.1 Å². The summed E-state index contributed by atoms with van der Waals surface area (Å²) in [5.74, 6) is 0.894. The quantitative estimate of drug-likeness (QED) is 0.872. The zero-order valence-corrected chi connectivity index (χ0v) is 10.8. The first-order valence-electron chi connectivity index (χ1n) is 6.16. The van der Waals surface area contributed by atoms with Crippen molar-refractivity contribution < 1.29 is 4.74 Å². The SMILES string of the molecule is CCOc1cccc(NCc2cnccc2C)c1. The smallest absolute Gasteiger partial charge is 0.121 e. The molecule has 0 radical (unpaired) electrons. The van der Waals surface area contributed by atoms with Crippen LogP contribution in [0.3, 0.4) is 0 Å². The Labute approximate surface area is 108 Å². The van der Waals surface area contributed by atoms with Gasteiger partial charge in [0, 0.05) is 30.7 Å². The van der Waals surface area contributed by atoms with E-state index in [0.717, 1.165) is 18.0 Å². The van der Waals surface area contributed by atoms with E-state index in [2.05, 4.69) is 17.2 Å². The second-order valence-electron chi connectivity index (χ2n) is 4.12. The fourth-order valence-electron chi connectivity index (χ4n) is 1.74. The van der Waals surface area contributed by atoms with E-state index in [9.17, 15) is 0 Å². The molecular formula is C15H18N2O. The van der Waals surface area contributed by atoms with Crippen LogP contribution in [-0.2, 0) is 6.54 Å². The summed E-state index contributed by atoms with van der Waals surface area (Å²) in [7, 11) is 0. The van der Waals surface area contributed by atoms with Crippen LogP contribution in [-0.4, -0.2) is 11.6 Å². The number of nitrogens with zero attached hydrogens (tertiary/aromatic N) is 1. The van der Waals surface area contributed by atoms with Gasteiger partial charge in [-0.25, -0.2) is 0 Å². The van der Waals surface area contributed by atoms with Gasteiger partial charge in [0.2, 0.25) is 0 Å². The summed E-state index contributed by atoms with van der Waals surface area (Å²) in [5, 5.41) is 3.38. The lowest BCUT2D eigenvalue weighted by Crippen LogP contribution is -2.02. The molecular weight excluding hydrogens is 224 g/mol. The number of aromatic nitrogens is 1. The minimum Gasteiger partial charge on any atom is -0.494 e. The molecule has 0 unspecified atom stereocenters. The van der Waals surface area contributed by atoms with Gasteiger partial charge < -0.3 is 10.1 Å². The molecule has 18 heavy (non-hydrogen) atoms. The molecule has 0 atom stereocenters. The van der Waals surface area contributed by atoms with Gasteiger partial charge in [0.1, 0.15) is 5.75 Å². The van der Waals surface area contributed by atoms with Crippen molar-refractivity contribution in [2.45, 2.75) is 20.4 Å². The molecule has 2 rings (SSSR count). The molecule has 0 amide bonds. The zero-order chi connectivity index (χ0) is 12.8.